The highest BCUT2D eigenvalue weighted by molar-refractivity contribution is 7.07. The van der Waals surface area contributed by atoms with E-state index in [1.807, 2.05) is 6.92 Å². The van der Waals surface area contributed by atoms with Crippen LogP contribution in [-0.2, 0) is 11.2 Å². The topological polar surface area (TPSA) is 41.1 Å². The summed E-state index contributed by atoms with van der Waals surface area (Å²) in [6.07, 6.45) is 1.96. The molecule has 1 aromatic heterocycles. The molecule has 0 fully saturated rings. The molecular formula is C12H20N2OS. The Morgan fingerprint density at radius 2 is 2.38 bits per heavy atom. The van der Waals surface area contributed by atoms with Gasteiger partial charge < -0.3 is 10.6 Å². The summed E-state index contributed by atoms with van der Waals surface area (Å²) in [5.74, 6) is 0.0830. The molecule has 0 saturated carbocycles. The van der Waals surface area contributed by atoms with Gasteiger partial charge in [-0.05, 0) is 48.7 Å². The van der Waals surface area contributed by atoms with E-state index in [1.54, 1.807) is 11.3 Å². The molecule has 2 N–H and O–H groups in total. The fourth-order valence-electron chi connectivity index (χ4n) is 1.30. The van der Waals surface area contributed by atoms with Gasteiger partial charge in [-0.3, -0.25) is 4.79 Å². The predicted octanol–water partition coefficient (Wildman–Crippen LogP) is 1.79. The first-order valence-electron chi connectivity index (χ1n) is 5.73. The van der Waals surface area contributed by atoms with Crippen molar-refractivity contribution in [1.82, 2.24) is 10.6 Å². The van der Waals surface area contributed by atoms with Crippen molar-refractivity contribution >= 4 is 17.2 Å². The van der Waals surface area contributed by atoms with Crippen molar-refractivity contribution in [2.24, 2.45) is 0 Å². The maximum Gasteiger partial charge on any atom is 0.234 e. The number of nitrogens with one attached hydrogen (secondary N) is 2. The highest BCUT2D eigenvalue weighted by atomic mass is 32.1. The van der Waals surface area contributed by atoms with Crippen molar-refractivity contribution in [3.05, 3.63) is 22.4 Å². The van der Waals surface area contributed by atoms with Crippen molar-refractivity contribution < 1.29 is 4.79 Å². The van der Waals surface area contributed by atoms with Gasteiger partial charge in [-0.1, -0.05) is 6.92 Å². The van der Waals surface area contributed by atoms with Gasteiger partial charge in [0, 0.05) is 6.04 Å². The minimum atomic E-state index is 0.0830. The molecule has 4 heteroatoms. The highest BCUT2D eigenvalue weighted by Gasteiger charge is 2.04. The summed E-state index contributed by atoms with van der Waals surface area (Å²) in [5.41, 5.74) is 1.33. The van der Waals surface area contributed by atoms with Crippen molar-refractivity contribution in [2.45, 2.75) is 32.7 Å². The molecule has 0 aliphatic carbocycles. The molecule has 0 aliphatic heterocycles. The second-order valence-electron chi connectivity index (χ2n) is 3.94. The maximum atomic E-state index is 11.4. The first-order chi connectivity index (χ1) is 7.72. The molecule has 1 atom stereocenters. The summed E-state index contributed by atoms with van der Waals surface area (Å²) in [7, 11) is 0. The molecule has 1 unspecified atom stereocenters. The van der Waals surface area contributed by atoms with E-state index in [-0.39, 0.29) is 11.9 Å². The molecule has 3 nitrogen and oxygen atoms in total. The molecular weight excluding hydrogens is 220 g/mol. The molecule has 0 saturated heterocycles. The standard InChI is InChI=1S/C12H20N2OS/c1-3-10(2)14-12(15)8-13-6-4-11-5-7-16-9-11/h5,7,9-10,13H,3-4,6,8H2,1-2H3,(H,14,15). The third-order valence-corrected chi connectivity index (χ3v) is 3.21. The average molecular weight is 240 g/mol. The molecule has 16 heavy (non-hydrogen) atoms. The van der Waals surface area contributed by atoms with Gasteiger partial charge in [-0.15, -0.1) is 0 Å². The van der Waals surface area contributed by atoms with Crippen LogP contribution in [0, 0.1) is 0 Å². The zero-order valence-electron chi connectivity index (χ0n) is 9.95. The van der Waals surface area contributed by atoms with Crippen LogP contribution in [0.1, 0.15) is 25.8 Å². The Bertz CT molecular complexity index is 298. The summed E-state index contributed by atoms with van der Waals surface area (Å²) in [5, 5.41) is 10.3. The smallest absolute Gasteiger partial charge is 0.234 e. The van der Waals surface area contributed by atoms with E-state index in [2.05, 4.69) is 34.4 Å². The first kappa shape index (κ1) is 13.2. The van der Waals surface area contributed by atoms with Crippen LogP contribution < -0.4 is 10.6 Å². The van der Waals surface area contributed by atoms with E-state index in [0.29, 0.717) is 6.54 Å². The van der Waals surface area contributed by atoms with Crippen molar-refractivity contribution in [3.63, 3.8) is 0 Å². The largest absolute Gasteiger partial charge is 0.353 e. The summed E-state index contributed by atoms with van der Waals surface area (Å²) in [6.45, 7) is 5.34. The van der Waals surface area contributed by atoms with E-state index in [1.165, 1.54) is 5.56 Å². The van der Waals surface area contributed by atoms with Crippen LogP contribution in [0.3, 0.4) is 0 Å². The van der Waals surface area contributed by atoms with Crippen LogP contribution in [0.25, 0.3) is 0 Å². The highest BCUT2D eigenvalue weighted by Crippen LogP contribution is 2.05. The Balaban J connectivity index is 2.04. The van der Waals surface area contributed by atoms with E-state index >= 15 is 0 Å². The third-order valence-electron chi connectivity index (χ3n) is 2.48. The van der Waals surface area contributed by atoms with Gasteiger partial charge in [0.25, 0.3) is 0 Å². The molecule has 0 bridgehead atoms. The fourth-order valence-corrected chi connectivity index (χ4v) is 2.00. The Kier molecular flexibility index (Phi) is 6.11. The van der Waals surface area contributed by atoms with Gasteiger partial charge in [0.05, 0.1) is 6.54 Å². The van der Waals surface area contributed by atoms with Gasteiger partial charge in [0.15, 0.2) is 0 Å². The normalized spacial score (nSPS) is 12.4. The Morgan fingerprint density at radius 1 is 1.56 bits per heavy atom. The third kappa shape index (κ3) is 5.28. The number of amides is 1. The second kappa shape index (κ2) is 7.41. The number of hydrogen-bond donors (Lipinski definition) is 2. The molecule has 0 aromatic carbocycles. The molecule has 90 valence electrons. The molecule has 1 rings (SSSR count). The number of carbonyl (C=O) groups is 1. The SMILES string of the molecule is CCC(C)NC(=O)CNCCc1ccsc1. The van der Waals surface area contributed by atoms with Crippen LogP contribution in [-0.4, -0.2) is 25.0 Å². The lowest BCUT2D eigenvalue weighted by Crippen LogP contribution is -2.39. The van der Waals surface area contributed by atoms with Crippen LogP contribution in [0.4, 0.5) is 0 Å². The Hall–Kier alpha value is -0.870. The van der Waals surface area contributed by atoms with E-state index in [4.69, 9.17) is 0 Å². The van der Waals surface area contributed by atoms with Crippen molar-refractivity contribution in [2.75, 3.05) is 13.1 Å². The quantitative estimate of drug-likeness (QED) is 0.714. The lowest BCUT2D eigenvalue weighted by Gasteiger charge is -2.11. The van der Waals surface area contributed by atoms with Crippen molar-refractivity contribution in [1.29, 1.82) is 0 Å². The maximum absolute atomic E-state index is 11.4. The summed E-state index contributed by atoms with van der Waals surface area (Å²) in [6, 6.07) is 2.39. The molecule has 1 aromatic rings. The van der Waals surface area contributed by atoms with Crippen LogP contribution >= 0.6 is 11.3 Å². The molecule has 0 spiro atoms. The number of thiophene rings is 1. The van der Waals surface area contributed by atoms with Gasteiger partial charge in [-0.2, -0.15) is 11.3 Å². The molecule has 1 heterocycles. The molecule has 0 aliphatic rings. The fraction of sp³-hybridized carbons (Fsp3) is 0.583. The minimum absolute atomic E-state index is 0.0830. The summed E-state index contributed by atoms with van der Waals surface area (Å²) >= 11 is 1.71. The van der Waals surface area contributed by atoms with Gasteiger partial charge in [0.1, 0.15) is 0 Å². The van der Waals surface area contributed by atoms with Gasteiger partial charge >= 0.3 is 0 Å². The minimum Gasteiger partial charge on any atom is -0.353 e. The zero-order valence-corrected chi connectivity index (χ0v) is 10.8. The average Bonchev–Trinajstić information content (AvgIpc) is 2.77. The van der Waals surface area contributed by atoms with E-state index in [9.17, 15) is 4.79 Å². The second-order valence-corrected chi connectivity index (χ2v) is 4.72. The van der Waals surface area contributed by atoms with Crippen LogP contribution in [0.2, 0.25) is 0 Å². The van der Waals surface area contributed by atoms with Crippen LogP contribution in [0.15, 0.2) is 16.8 Å². The Labute approximate surface area is 101 Å². The first-order valence-corrected chi connectivity index (χ1v) is 6.67. The van der Waals surface area contributed by atoms with E-state index < -0.39 is 0 Å². The van der Waals surface area contributed by atoms with Crippen molar-refractivity contribution in [3.8, 4) is 0 Å². The lowest BCUT2D eigenvalue weighted by molar-refractivity contribution is -0.120. The molecule has 1 amide bonds. The lowest BCUT2D eigenvalue weighted by atomic mass is 10.2. The monoisotopic (exact) mass is 240 g/mol. The number of carbonyl (C=O) groups excluding carboxylic acids is 1. The predicted molar refractivity (Wildman–Crippen MR) is 68.8 cm³/mol. The van der Waals surface area contributed by atoms with Crippen LogP contribution in [0.5, 0.6) is 0 Å². The Morgan fingerprint density at radius 3 is 3.00 bits per heavy atom. The van der Waals surface area contributed by atoms with E-state index in [0.717, 1.165) is 19.4 Å². The number of rotatable bonds is 7. The zero-order chi connectivity index (χ0) is 11.8. The molecule has 0 radical (unpaired) electrons. The summed E-state index contributed by atoms with van der Waals surface area (Å²) in [4.78, 5) is 11.4. The van der Waals surface area contributed by atoms with Gasteiger partial charge in [-0.25, -0.2) is 0 Å². The van der Waals surface area contributed by atoms with Gasteiger partial charge in [0.2, 0.25) is 5.91 Å². The number of hydrogen-bond acceptors (Lipinski definition) is 3. The summed E-state index contributed by atoms with van der Waals surface area (Å²) < 4.78 is 0.